The molecule has 0 spiro atoms. The van der Waals surface area contributed by atoms with Crippen molar-refractivity contribution in [1.29, 1.82) is 0 Å². The molecule has 0 saturated heterocycles. The van der Waals surface area contributed by atoms with Gasteiger partial charge in [-0.05, 0) is 12.8 Å². The van der Waals surface area contributed by atoms with Crippen molar-refractivity contribution in [1.82, 2.24) is 0 Å². The minimum Gasteiger partial charge on any atom is -0.393 e. The van der Waals surface area contributed by atoms with E-state index in [9.17, 15) is 5.11 Å². The number of aliphatic hydroxyl groups excluding tert-OH is 1. The Morgan fingerprint density at radius 2 is 1.80 bits per heavy atom. The SMILES string of the molecule is CCCCCC(O)CCC#C[Si](C)(C)C. The first-order valence-electron chi connectivity index (χ1n) is 6.14. The fourth-order valence-electron chi connectivity index (χ4n) is 1.34. The number of unbranched alkanes of at least 4 members (excludes halogenated alkanes) is 2. The van der Waals surface area contributed by atoms with Crippen LogP contribution in [-0.4, -0.2) is 19.3 Å². The minimum atomic E-state index is -1.20. The highest BCUT2D eigenvalue weighted by Gasteiger charge is 2.07. The van der Waals surface area contributed by atoms with Crippen LogP contribution >= 0.6 is 0 Å². The van der Waals surface area contributed by atoms with Gasteiger partial charge in [0.1, 0.15) is 8.07 Å². The van der Waals surface area contributed by atoms with Crippen LogP contribution in [0.3, 0.4) is 0 Å². The quantitative estimate of drug-likeness (QED) is 0.417. The van der Waals surface area contributed by atoms with Crippen LogP contribution in [0, 0.1) is 11.5 Å². The van der Waals surface area contributed by atoms with Gasteiger partial charge in [-0.1, -0.05) is 45.8 Å². The second kappa shape index (κ2) is 7.96. The van der Waals surface area contributed by atoms with Crippen LogP contribution < -0.4 is 0 Å². The van der Waals surface area contributed by atoms with Gasteiger partial charge in [-0.3, -0.25) is 0 Å². The molecule has 0 aromatic carbocycles. The lowest BCUT2D eigenvalue weighted by Crippen LogP contribution is -2.16. The molecule has 0 fully saturated rings. The molecule has 0 amide bonds. The molecule has 0 aliphatic carbocycles. The largest absolute Gasteiger partial charge is 0.393 e. The van der Waals surface area contributed by atoms with Crippen molar-refractivity contribution >= 4 is 8.07 Å². The Bertz CT molecular complexity index is 207. The van der Waals surface area contributed by atoms with E-state index in [1.807, 2.05) is 0 Å². The molecular weight excluding hydrogens is 200 g/mol. The van der Waals surface area contributed by atoms with Crippen LogP contribution in [0.2, 0.25) is 19.6 Å². The second-order valence-corrected chi connectivity index (χ2v) is 9.99. The van der Waals surface area contributed by atoms with E-state index in [1.54, 1.807) is 0 Å². The first kappa shape index (κ1) is 14.7. The highest BCUT2D eigenvalue weighted by Crippen LogP contribution is 2.07. The Morgan fingerprint density at radius 1 is 1.13 bits per heavy atom. The topological polar surface area (TPSA) is 20.2 Å². The van der Waals surface area contributed by atoms with Gasteiger partial charge in [0.25, 0.3) is 0 Å². The summed E-state index contributed by atoms with van der Waals surface area (Å²) in [5, 5.41) is 9.65. The van der Waals surface area contributed by atoms with Gasteiger partial charge in [0.05, 0.1) is 6.10 Å². The summed E-state index contributed by atoms with van der Waals surface area (Å²) in [7, 11) is -1.20. The molecule has 0 saturated carbocycles. The first-order chi connectivity index (χ1) is 6.95. The molecule has 0 aromatic rings. The Hall–Kier alpha value is -0.263. The van der Waals surface area contributed by atoms with E-state index in [4.69, 9.17) is 0 Å². The van der Waals surface area contributed by atoms with Gasteiger partial charge in [0.15, 0.2) is 0 Å². The second-order valence-electron chi connectivity index (χ2n) is 5.24. The lowest BCUT2D eigenvalue weighted by molar-refractivity contribution is 0.153. The summed E-state index contributed by atoms with van der Waals surface area (Å²) in [5.41, 5.74) is 3.32. The summed E-state index contributed by atoms with van der Waals surface area (Å²) in [5.74, 6) is 3.20. The maximum atomic E-state index is 9.65. The van der Waals surface area contributed by atoms with E-state index in [2.05, 4.69) is 38.0 Å². The van der Waals surface area contributed by atoms with Crippen molar-refractivity contribution in [3.8, 4) is 11.5 Å². The Kier molecular flexibility index (Phi) is 7.82. The zero-order chi connectivity index (χ0) is 11.7. The Morgan fingerprint density at radius 3 is 2.33 bits per heavy atom. The summed E-state index contributed by atoms with van der Waals surface area (Å²) in [6, 6.07) is 0. The van der Waals surface area contributed by atoms with E-state index in [1.165, 1.54) is 12.8 Å². The van der Waals surface area contributed by atoms with Gasteiger partial charge in [-0.25, -0.2) is 0 Å². The Labute approximate surface area is 96.3 Å². The van der Waals surface area contributed by atoms with Crippen molar-refractivity contribution in [2.24, 2.45) is 0 Å². The molecule has 88 valence electrons. The van der Waals surface area contributed by atoms with Crippen molar-refractivity contribution in [2.45, 2.75) is 71.2 Å². The lowest BCUT2D eigenvalue weighted by Gasteiger charge is -2.08. The van der Waals surface area contributed by atoms with Crippen LogP contribution in [0.1, 0.15) is 45.4 Å². The van der Waals surface area contributed by atoms with Crippen LogP contribution in [0.4, 0.5) is 0 Å². The minimum absolute atomic E-state index is 0.132. The third kappa shape index (κ3) is 11.7. The van der Waals surface area contributed by atoms with Crippen LogP contribution in [0.15, 0.2) is 0 Å². The molecule has 1 atom stereocenters. The van der Waals surface area contributed by atoms with Crippen LogP contribution in [-0.2, 0) is 0 Å². The van der Waals surface area contributed by atoms with E-state index in [-0.39, 0.29) is 6.10 Å². The van der Waals surface area contributed by atoms with Crippen molar-refractivity contribution in [2.75, 3.05) is 0 Å². The standard InChI is InChI=1S/C13H26OSi/c1-5-6-7-10-13(14)11-8-9-12-15(2,3)4/h13-14H,5-8,10-11H2,1-4H3. The van der Waals surface area contributed by atoms with Gasteiger partial charge >= 0.3 is 0 Å². The van der Waals surface area contributed by atoms with Gasteiger partial charge in [-0.2, -0.15) is 0 Å². The normalized spacial score (nSPS) is 13.1. The highest BCUT2D eigenvalue weighted by molar-refractivity contribution is 6.83. The number of rotatable bonds is 6. The maximum Gasteiger partial charge on any atom is 0.129 e. The van der Waals surface area contributed by atoms with Crippen LogP contribution in [0.5, 0.6) is 0 Å². The predicted octanol–water partition coefficient (Wildman–Crippen LogP) is 3.59. The smallest absolute Gasteiger partial charge is 0.129 e. The summed E-state index contributed by atoms with van der Waals surface area (Å²) in [4.78, 5) is 0. The van der Waals surface area contributed by atoms with Gasteiger partial charge in [0.2, 0.25) is 0 Å². The van der Waals surface area contributed by atoms with Gasteiger partial charge in [0, 0.05) is 6.42 Å². The molecule has 0 aliphatic heterocycles. The first-order valence-corrected chi connectivity index (χ1v) is 9.64. The fourth-order valence-corrected chi connectivity index (χ4v) is 2.00. The van der Waals surface area contributed by atoms with E-state index in [0.29, 0.717) is 0 Å². The van der Waals surface area contributed by atoms with Crippen LogP contribution in [0.25, 0.3) is 0 Å². The number of hydrogen-bond acceptors (Lipinski definition) is 1. The monoisotopic (exact) mass is 226 g/mol. The van der Waals surface area contributed by atoms with Crippen molar-refractivity contribution < 1.29 is 5.11 Å². The molecule has 1 nitrogen and oxygen atoms in total. The molecule has 0 aliphatic rings. The van der Waals surface area contributed by atoms with Crippen molar-refractivity contribution in [3.63, 3.8) is 0 Å². The highest BCUT2D eigenvalue weighted by atomic mass is 28.3. The van der Waals surface area contributed by atoms with Gasteiger partial charge in [-0.15, -0.1) is 11.5 Å². The summed E-state index contributed by atoms with van der Waals surface area (Å²) in [6.45, 7) is 8.93. The molecule has 0 rings (SSSR count). The average Bonchev–Trinajstić information content (AvgIpc) is 2.11. The molecule has 0 bridgehead atoms. The zero-order valence-electron chi connectivity index (χ0n) is 10.8. The zero-order valence-corrected chi connectivity index (χ0v) is 11.8. The molecular formula is C13H26OSi. The Balaban J connectivity index is 3.53. The molecule has 1 unspecified atom stereocenters. The molecule has 0 radical (unpaired) electrons. The third-order valence-electron chi connectivity index (χ3n) is 2.21. The third-order valence-corrected chi connectivity index (χ3v) is 3.13. The molecule has 0 heterocycles. The summed E-state index contributed by atoms with van der Waals surface area (Å²) in [6.07, 6.45) is 6.13. The van der Waals surface area contributed by atoms with E-state index >= 15 is 0 Å². The summed E-state index contributed by atoms with van der Waals surface area (Å²) < 4.78 is 0. The van der Waals surface area contributed by atoms with E-state index in [0.717, 1.165) is 25.7 Å². The molecule has 2 heteroatoms. The number of hydrogen-bond donors (Lipinski definition) is 1. The molecule has 1 N–H and O–H groups in total. The predicted molar refractivity (Wildman–Crippen MR) is 70.5 cm³/mol. The lowest BCUT2D eigenvalue weighted by atomic mass is 10.1. The van der Waals surface area contributed by atoms with Gasteiger partial charge < -0.3 is 5.11 Å². The molecule has 15 heavy (non-hydrogen) atoms. The summed E-state index contributed by atoms with van der Waals surface area (Å²) >= 11 is 0. The van der Waals surface area contributed by atoms with E-state index < -0.39 is 8.07 Å². The maximum absolute atomic E-state index is 9.65. The fraction of sp³-hybridized carbons (Fsp3) is 0.846. The van der Waals surface area contributed by atoms with Crippen molar-refractivity contribution in [3.05, 3.63) is 0 Å². The molecule has 0 aromatic heterocycles. The average molecular weight is 226 g/mol. The number of aliphatic hydroxyl groups is 1.